The highest BCUT2D eigenvalue weighted by Crippen LogP contribution is 2.28. The highest BCUT2D eigenvalue weighted by molar-refractivity contribution is 7.89. The van der Waals surface area contributed by atoms with Gasteiger partial charge in [0.05, 0.1) is 18.8 Å². The van der Waals surface area contributed by atoms with E-state index < -0.39 is 10.0 Å². The zero-order valence-electron chi connectivity index (χ0n) is 18.1. The summed E-state index contributed by atoms with van der Waals surface area (Å²) in [6.07, 6.45) is 0. The maximum Gasteiger partial charge on any atom is 0.251 e. The standard InChI is InChI=1S/C20H30N4O4S/c1-8-24(9-2)29(26,27)18-12-16(10-11-17(18)28-7)20(25)21-13(3)19-14(4)22-23(6)15(19)5/h10-13H,8-9H2,1-7H3,(H,21,25)/t13-/m0/s1. The van der Waals surface area contributed by atoms with Gasteiger partial charge in [-0.25, -0.2) is 8.42 Å². The molecule has 0 bridgehead atoms. The molecule has 0 saturated heterocycles. The van der Waals surface area contributed by atoms with Crippen LogP contribution in [0.1, 0.15) is 54.1 Å². The quantitative estimate of drug-likeness (QED) is 0.706. The number of nitrogens with one attached hydrogen (secondary N) is 1. The molecule has 0 fully saturated rings. The Morgan fingerprint density at radius 2 is 1.90 bits per heavy atom. The molecule has 0 aliphatic rings. The van der Waals surface area contributed by atoms with Crippen LogP contribution in [0.4, 0.5) is 0 Å². The molecular weight excluding hydrogens is 392 g/mol. The molecule has 1 aromatic carbocycles. The molecule has 29 heavy (non-hydrogen) atoms. The number of rotatable bonds is 8. The minimum absolute atomic E-state index is 0.0160. The smallest absolute Gasteiger partial charge is 0.251 e. The molecule has 1 N–H and O–H groups in total. The number of hydrogen-bond acceptors (Lipinski definition) is 5. The summed E-state index contributed by atoms with van der Waals surface area (Å²) in [5.74, 6) is -0.153. The molecule has 160 valence electrons. The fourth-order valence-corrected chi connectivity index (χ4v) is 5.13. The van der Waals surface area contributed by atoms with Gasteiger partial charge in [-0.3, -0.25) is 9.48 Å². The lowest BCUT2D eigenvalue weighted by Crippen LogP contribution is -2.31. The third-order valence-corrected chi connectivity index (χ3v) is 7.17. The Labute approximate surface area is 172 Å². The van der Waals surface area contributed by atoms with Gasteiger partial charge in [0.1, 0.15) is 10.6 Å². The van der Waals surface area contributed by atoms with E-state index in [0.717, 1.165) is 17.0 Å². The number of methoxy groups -OCH3 is 1. The molecule has 2 rings (SSSR count). The predicted molar refractivity (Wildman–Crippen MR) is 112 cm³/mol. The van der Waals surface area contributed by atoms with Crippen LogP contribution in [0.5, 0.6) is 5.75 Å². The van der Waals surface area contributed by atoms with E-state index in [1.165, 1.54) is 23.5 Å². The lowest BCUT2D eigenvalue weighted by molar-refractivity contribution is 0.0939. The van der Waals surface area contributed by atoms with Crippen LogP contribution in [0.15, 0.2) is 23.1 Å². The summed E-state index contributed by atoms with van der Waals surface area (Å²) in [5, 5.41) is 7.32. The first kappa shape index (κ1) is 22.9. The van der Waals surface area contributed by atoms with Crippen LogP contribution in [0.25, 0.3) is 0 Å². The number of nitrogens with zero attached hydrogens (tertiary/aromatic N) is 3. The van der Waals surface area contributed by atoms with Crippen LogP contribution in [-0.4, -0.2) is 48.6 Å². The van der Waals surface area contributed by atoms with Crippen LogP contribution in [0, 0.1) is 13.8 Å². The van der Waals surface area contributed by atoms with Gasteiger partial charge in [0.2, 0.25) is 10.0 Å². The van der Waals surface area contributed by atoms with Crippen molar-refractivity contribution in [3.63, 3.8) is 0 Å². The van der Waals surface area contributed by atoms with Gasteiger partial charge in [0, 0.05) is 37.0 Å². The number of aromatic nitrogens is 2. The fourth-order valence-electron chi connectivity index (χ4n) is 3.49. The zero-order valence-corrected chi connectivity index (χ0v) is 18.9. The second-order valence-electron chi connectivity index (χ2n) is 6.86. The summed E-state index contributed by atoms with van der Waals surface area (Å²) in [7, 11) is -0.511. The average molecular weight is 423 g/mol. The van der Waals surface area contributed by atoms with Gasteiger partial charge < -0.3 is 10.1 Å². The van der Waals surface area contributed by atoms with E-state index in [0.29, 0.717) is 13.1 Å². The average Bonchev–Trinajstić information content (AvgIpc) is 2.93. The van der Waals surface area contributed by atoms with E-state index in [-0.39, 0.29) is 28.2 Å². The first-order chi connectivity index (χ1) is 13.6. The summed E-state index contributed by atoms with van der Waals surface area (Å²) in [6, 6.07) is 4.17. The summed E-state index contributed by atoms with van der Waals surface area (Å²) in [4.78, 5) is 12.8. The Hall–Kier alpha value is -2.39. The van der Waals surface area contributed by atoms with Crippen molar-refractivity contribution in [1.82, 2.24) is 19.4 Å². The van der Waals surface area contributed by atoms with Crippen molar-refractivity contribution in [3.8, 4) is 5.75 Å². The summed E-state index contributed by atoms with van der Waals surface area (Å²) < 4.78 is 34.3. The van der Waals surface area contributed by atoms with Crippen molar-refractivity contribution in [2.24, 2.45) is 7.05 Å². The molecule has 1 heterocycles. The van der Waals surface area contributed by atoms with Gasteiger partial charge in [-0.15, -0.1) is 0 Å². The van der Waals surface area contributed by atoms with E-state index in [2.05, 4.69) is 10.4 Å². The summed E-state index contributed by atoms with van der Waals surface area (Å²) >= 11 is 0. The molecule has 0 unspecified atom stereocenters. The van der Waals surface area contributed by atoms with E-state index in [9.17, 15) is 13.2 Å². The summed E-state index contributed by atoms with van der Waals surface area (Å²) in [6.45, 7) is 9.91. The van der Waals surface area contributed by atoms with Crippen molar-refractivity contribution < 1.29 is 17.9 Å². The highest BCUT2D eigenvalue weighted by Gasteiger charge is 2.27. The second kappa shape index (κ2) is 8.96. The molecule has 9 heteroatoms. The van der Waals surface area contributed by atoms with Crippen molar-refractivity contribution in [2.75, 3.05) is 20.2 Å². The summed E-state index contributed by atoms with van der Waals surface area (Å²) in [5.41, 5.74) is 3.01. The monoisotopic (exact) mass is 422 g/mol. The molecule has 0 aliphatic carbocycles. The first-order valence-corrected chi connectivity index (χ1v) is 11.0. The Morgan fingerprint density at radius 1 is 1.28 bits per heavy atom. The van der Waals surface area contributed by atoms with Gasteiger partial charge in [-0.2, -0.15) is 9.40 Å². The van der Waals surface area contributed by atoms with Crippen molar-refractivity contribution in [2.45, 2.75) is 45.6 Å². The first-order valence-electron chi connectivity index (χ1n) is 9.57. The van der Waals surface area contributed by atoms with Gasteiger partial charge in [0.15, 0.2) is 0 Å². The Bertz CT molecular complexity index is 994. The normalized spacial score (nSPS) is 12.8. The van der Waals surface area contributed by atoms with E-state index in [1.807, 2.05) is 27.8 Å². The molecule has 8 nitrogen and oxygen atoms in total. The second-order valence-corrected chi connectivity index (χ2v) is 8.76. The van der Waals surface area contributed by atoms with Gasteiger partial charge in [-0.05, 0) is 39.0 Å². The van der Waals surface area contributed by atoms with Crippen LogP contribution in [-0.2, 0) is 17.1 Å². The third kappa shape index (κ3) is 4.45. The third-order valence-electron chi connectivity index (χ3n) is 5.09. The lowest BCUT2D eigenvalue weighted by Gasteiger charge is -2.21. The Morgan fingerprint density at radius 3 is 2.38 bits per heavy atom. The molecule has 1 amide bonds. The minimum Gasteiger partial charge on any atom is -0.495 e. The molecule has 0 aliphatic heterocycles. The molecule has 1 atom stereocenters. The number of aryl methyl sites for hydroxylation is 2. The number of benzene rings is 1. The number of ether oxygens (including phenoxy) is 1. The molecular formula is C20H30N4O4S. The Kier molecular flexibility index (Phi) is 7.07. The SMILES string of the molecule is CCN(CC)S(=O)(=O)c1cc(C(=O)N[C@@H](C)c2c(C)nn(C)c2C)ccc1OC. The van der Waals surface area contributed by atoms with E-state index in [4.69, 9.17) is 4.74 Å². The fraction of sp³-hybridized carbons (Fsp3) is 0.500. The van der Waals surface area contributed by atoms with Crippen LogP contribution in [0.3, 0.4) is 0 Å². The largest absolute Gasteiger partial charge is 0.495 e. The molecule has 1 aromatic heterocycles. The topological polar surface area (TPSA) is 93.5 Å². The molecule has 0 spiro atoms. The van der Waals surface area contributed by atoms with Crippen molar-refractivity contribution >= 4 is 15.9 Å². The lowest BCUT2D eigenvalue weighted by atomic mass is 10.1. The van der Waals surface area contributed by atoms with Crippen LogP contribution < -0.4 is 10.1 Å². The maximum absolute atomic E-state index is 13.0. The number of hydrogen-bond donors (Lipinski definition) is 1. The number of sulfonamides is 1. The number of carbonyl (C=O) groups is 1. The molecule has 0 saturated carbocycles. The van der Waals surface area contributed by atoms with E-state index in [1.54, 1.807) is 24.6 Å². The number of carbonyl (C=O) groups excluding carboxylic acids is 1. The van der Waals surface area contributed by atoms with Gasteiger partial charge in [-0.1, -0.05) is 13.8 Å². The van der Waals surface area contributed by atoms with Crippen molar-refractivity contribution in [1.29, 1.82) is 0 Å². The zero-order chi connectivity index (χ0) is 21.9. The van der Waals surface area contributed by atoms with Crippen LogP contribution in [0.2, 0.25) is 0 Å². The Balaban J connectivity index is 2.39. The van der Waals surface area contributed by atoms with Gasteiger partial charge >= 0.3 is 0 Å². The minimum atomic E-state index is -3.78. The highest BCUT2D eigenvalue weighted by atomic mass is 32.2. The predicted octanol–water partition coefficient (Wildman–Crippen LogP) is 2.57. The van der Waals surface area contributed by atoms with Crippen LogP contribution >= 0.6 is 0 Å². The maximum atomic E-state index is 13.0. The molecule has 0 radical (unpaired) electrons. The molecule has 2 aromatic rings. The van der Waals surface area contributed by atoms with Gasteiger partial charge in [0.25, 0.3) is 5.91 Å². The van der Waals surface area contributed by atoms with Crippen molar-refractivity contribution in [3.05, 3.63) is 40.7 Å². The number of amides is 1. The van der Waals surface area contributed by atoms with E-state index >= 15 is 0 Å².